The van der Waals surface area contributed by atoms with Gasteiger partial charge in [0.25, 0.3) is 0 Å². The number of rotatable bonds is 14. The topological polar surface area (TPSA) is 21.6 Å². The molecule has 0 aromatic heterocycles. The smallest absolute Gasteiger partial charge is 0.0581 e. The fourth-order valence-electron chi connectivity index (χ4n) is 5.67. The number of nitrogens with zero attached hydrogens (tertiary/aromatic N) is 1. The van der Waals surface area contributed by atoms with Crippen LogP contribution in [0.2, 0.25) is 0 Å². The summed E-state index contributed by atoms with van der Waals surface area (Å²) in [5.41, 5.74) is 8.28. The molecule has 2 rings (SSSR count). The van der Waals surface area contributed by atoms with E-state index in [9.17, 15) is 0 Å². The highest BCUT2D eigenvalue weighted by atomic mass is 16.5. The summed E-state index contributed by atoms with van der Waals surface area (Å²) in [6, 6.07) is 0. The minimum Gasteiger partial charge on any atom is -0.378 e. The van der Waals surface area contributed by atoms with Crippen molar-refractivity contribution in [2.75, 3.05) is 13.2 Å². The molecule has 1 saturated heterocycles. The maximum absolute atomic E-state index is 6.06. The molecule has 1 aliphatic heterocycles. The SMILES string of the molecule is C=CCN=C(C)C1=CC(C(C)C[C@H]2C[C@@H](C)CO2)C(=C)CC=C1C(=C)CC(=C)C[C@H](CCC)C(=C)C. The van der Waals surface area contributed by atoms with E-state index in [1.54, 1.807) is 0 Å². The van der Waals surface area contributed by atoms with Crippen LogP contribution in [0.25, 0.3) is 0 Å². The molecule has 0 aromatic carbocycles. The lowest BCUT2D eigenvalue weighted by Gasteiger charge is -2.25. The number of ether oxygens (including phenoxy) is 1. The van der Waals surface area contributed by atoms with E-state index in [-0.39, 0.29) is 5.92 Å². The standard InChI is InChI=1S/C34H51NO/c1-11-13-30(23(3)4)18-24(5)17-27(8)32-15-14-26(7)33(21-34(32)29(10)35-16-12-2)28(9)20-31-19-25(6)22-36-31/h12,15,21,25,28,30-31,33H,2-3,5,7-8,11,13-14,16-20,22H2,1,4,6,9-10H3/t25-,28?,30+,31-,33?/m1/s1. The first-order valence-corrected chi connectivity index (χ1v) is 13.9. The number of aliphatic imine (C=N–C) groups is 1. The number of hydrogen-bond donors (Lipinski definition) is 0. The van der Waals surface area contributed by atoms with Gasteiger partial charge in [-0.15, -0.1) is 6.58 Å². The molecule has 0 saturated carbocycles. The van der Waals surface area contributed by atoms with Crippen molar-refractivity contribution in [2.45, 2.75) is 85.7 Å². The molecule has 0 amide bonds. The van der Waals surface area contributed by atoms with Crippen molar-refractivity contribution in [3.63, 3.8) is 0 Å². The Kier molecular flexibility index (Phi) is 12.1. The van der Waals surface area contributed by atoms with Crippen molar-refractivity contribution in [2.24, 2.45) is 28.7 Å². The largest absolute Gasteiger partial charge is 0.378 e. The second-order valence-electron chi connectivity index (χ2n) is 11.4. The first kappa shape index (κ1) is 30.0. The second-order valence-corrected chi connectivity index (χ2v) is 11.4. The number of hydrogen-bond acceptors (Lipinski definition) is 2. The van der Waals surface area contributed by atoms with Gasteiger partial charge >= 0.3 is 0 Å². The van der Waals surface area contributed by atoms with Gasteiger partial charge < -0.3 is 4.74 Å². The minimum atomic E-state index is 0.287. The van der Waals surface area contributed by atoms with Gasteiger partial charge in [-0.05, 0) is 86.8 Å². The van der Waals surface area contributed by atoms with Crippen LogP contribution >= 0.6 is 0 Å². The third-order valence-electron chi connectivity index (χ3n) is 7.77. The van der Waals surface area contributed by atoms with Gasteiger partial charge in [-0.3, -0.25) is 4.99 Å². The Morgan fingerprint density at radius 1 is 1.22 bits per heavy atom. The Bertz CT molecular complexity index is 927. The molecule has 1 heterocycles. The highest BCUT2D eigenvalue weighted by molar-refractivity contribution is 6.03. The van der Waals surface area contributed by atoms with Crippen LogP contribution in [-0.4, -0.2) is 25.0 Å². The number of allylic oxidation sites excluding steroid dienone is 8. The van der Waals surface area contributed by atoms with Gasteiger partial charge in [-0.25, -0.2) is 0 Å². The highest BCUT2D eigenvalue weighted by Gasteiger charge is 2.29. The second kappa shape index (κ2) is 14.5. The van der Waals surface area contributed by atoms with Crippen molar-refractivity contribution in [3.05, 3.63) is 84.6 Å². The molecule has 2 aliphatic rings. The molecule has 1 aliphatic carbocycles. The molecule has 2 heteroatoms. The molecule has 0 bridgehead atoms. The van der Waals surface area contributed by atoms with E-state index < -0.39 is 0 Å². The molecule has 0 radical (unpaired) electrons. The van der Waals surface area contributed by atoms with Gasteiger partial charge in [-0.2, -0.15) is 0 Å². The zero-order valence-corrected chi connectivity index (χ0v) is 23.9. The Labute approximate surface area is 222 Å². The minimum absolute atomic E-state index is 0.287. The van der Waals surface area contributed by atoms with Crippen molar-refractivity contribution in [1.82, 2.24) is 0 Å². The molecule has 5 atom stereocenters. The average Bonchev–Trinajstić information content (AvgIpc) is 3.13. The third kappa shape index (κ3) is 8.73. The zero-order chi connectivity index (χ0) is 26.8. The van der Waals surface area contributed by atoms with E-state index in [1.807, 2.05) is 6.08 Å². The monoisotopic (exact) mass is 489 g/mol. The highest BCUT2D eigenvalue weighted by Crippen LogP contribution is 2.38. The third-order valence-corrected chi connectivity index (χ3v) is 7.77. The van der Waals surface area contributed by atoms with E-state index in [0.29, 0.717) is 30.4 Å². The van der Waals surface area contributed by atoms with Crippen molar-refractivity contribution in [3.8, 4) is 0 Å². The summed E-state index contributed by atoms with van der Waals surface area (Å²) >= 11 is 0. The van der Waals surface area contributed by atoms with Gasteiger partial charge in [0.05, 0.1) is 12.6 Å². The van der Waals surface area contributed by atoms with E-state index >= 15 is 0 Å². The molecule has 36 heavy (non-hydrogen) atoms. The fourth-order valence-corrected chi connectivity index (χ4v) is 5.67. The van der Waals surface area contributed by atoms with Crippen LogP contribution in [0.15, 0.2) is 89.6 Å². The van der Waals surface area contributed by atoms with Crippen LogP contribution in [-0.2, 0) is 4.74 Å². The van der Waals surface area contributed by atoms with Gasteiger partial charge in [0.15, 0.2) is 0 Å². The van der Waals surface area contributed by atoms with Crippen LogP contribution in [0.1, 0.15) is 79.6 Å². The first-order chi connectivity index (χ1) is 17.1. The summed E-state index contributed by atoms with van der Waals surface area (Å²) in [5, 5.41) is 0. The maximum atomic E-state index is 6.06. The zero-order valence-electron chi connectivity index (χ0n) is 23.9. The van der Waals surface area contributed by atoms with Gasteiger partial charge in [0.1, 0.15) is 0 Å². The fraction of sp³-hybridized carbons (Fsp3) is 0.559. The summed E-state index contributed by atoms with van der Waals surface area (Å²) in [6.07, 6.45) is 14.1. The van der Waals surface area contributed by atoms with Crippen molar-refractivity contribution in [1.29, 1.82) is 0 Å². The Hall–Kier alpha value is -2.19. The lowest BCUT2D eigenvalue weighted by Crippen LogP contribution is -2.19. The van der Waals surface area contributed by atoms with Crippen LogP contribution < -0.4 is 0 Å². The molecular formula is C34H51NO. The Morgan fingerprint density at radius 2 is 1.94 bits per heavy atom. The molecule has 2 nitrogen and oxygen atoms in total. The van der Waals surface area contributed by atoms with Gasteiger partial charge in [0, 0.05) is 18.2 Å². The molecule has 2 unspecified atom stereocenters. The van der Waals surface area contributed by atoms with Crippen molar-refractivity contribution < 1.29 is 4.74 Å². The predicted octanol–water partition coefficient (Wildman–Crippen LogP) is 9.40. The average molecular weight is 490 g/mol. The molecular weight excluding hydrogens is 438 g/mol. The van der Waals surface area contributed by atoms with E-state index in [0.717, 1.165) is 62.8 Å². The molecule has 0 spiro atoms. The van der Waals surface area contributed by atoms with E-state index in [4.69, 9.17) is 9.73 Å². The van der Waals surface area contributed by atoms with Gasteiger partial charge in [-0.1, -0.05) is 88.5 Å². The molecule has 1 fully saturated rings. The normalized spacial score (nSPS) is 24.4. The molecule has 198 valence electrons. The maximum Gasteiger partial charge on any atom is 0.0581 e. The lowest BCUT2D eigenvalue weighted by molar-refractivity contribution is 0.0854. The Morgan fingerprint density at radius 3 is 2.53 bits per heavy atom. The lowest BCUT2D eigenvalue weighted by atomic mass is 9.81. The van der Waals surface area contributed by atoms with E-state index in [2.05, 4.69) is 79.7 Å². The van der Waals surface area contributed by atoms with Crippen LogP contribution in [0.4, 0.5) is 0 Å². The van der Waals surface area contributed by atoms with E-state index in [1.165, 1.54) is 27.9 Å². The summed E-state index contributed by atoms with van der Waals surface area (Å²) in [6.45, 7) is 34.2. The summed E-state index contributed by atoms with van der Waals surface area (Å²) < 4.78 is 6.06. The summed E-state index contributed by atoms with van der Waals surface area (Å²) in [5.74, 6) is 1.90. The molecule has 0 N–H and O–H groups in total. The quantitative estimate of drug-likeness (QED) is 0.176. The molecule has 0 aromatic rings. The van der Waals surface area contributed by atoms with Crippen LogP contribution in [0.5, 0.6) is 0 Å². The van der Waals surface area contributed by atoms with Crippen molar-refractivity contribution >= 4 is 5.71 Å². The summed E-state index contributed by atoms with van der Waals surface area (Å²) in [4.78, 5) is 4.81. The van der Waals surface area contributed by atoms with Crippen LogP contribution in [0.3, 0.4) is 0 Å². The first-order valence-electron chi connectivity index (χ1n) is 13.9. The summed E-state index contributed by atoms with van der Waals surface area (Å²) in [7, 11) is 0. The van der Waals surface area contributed by atoms with Crippen LogP contribution in [0, 0.1) is 23.7 Å². The van der Waals surface area contributed by atoms with Gasteiger partial charge in [0.2, 0.25) is 0 Å². The Balaban J connectivity index is 2.28. The predicted molar refractivity (Wildman–Crippen MR) is 160 cm³/mol.